The molecule has 1 fully saturated rings. The van der Waals surface area contributed by atoms with E-state index < -0.39 is 11.4 Å². The van der Waals surface area contributed by atoms with E-state index in [0.717, 1.165) is 17.1 Å². The zero-order valence-corrected chi connectivity index (χ0v) is 19.0. The molecule has 0 saturated carbocycles. The Bertz CT molecular complexity index is 1480. The molecule has 2 N–H and O–H groups in total. The van der Waals surface area contributed by atoms with Crippen LogP contribution in [-0.2, 0) is 0 Å². The number of nitrogens with one attached hydrogen (secondary N) is 1. The van der Waals surface area contributed by atoms with Gasteiger partial charge in [-0.1, -0.05) is 6.07 Å². The monoisotopic (exact) mass is 477 g/mol. The molecule has 12 heteroatoms. The van der Waals surface area contributed by atoms with Crippen molar-refractivity contribution in [1.29, 1.82) is 0 Å². The summed E-state index contributed by atoms with van der Waals surface area (Å²) in [6, 6.07) is 5.20. The summed E-state index contributed by atoms with van der Waals surface area (Å²) in [4.78, 5) is 51.9. The van der Waals surface area contributed by atoms with Gasteiger partial charge in [0.25, 0.3) is 5.91 Å². The number of anilines is 1. The van der Waals surface area contributed by atoms with E-state index in [1.165, 1.54) is 17.1 Å². The topological polar surface area (TPSA) is 143 Å². The third-order valence-corrected chi connectivity index (χ3v) is 6.28. The van der Waals surface area contributed by atoms with Crippen LogP contribution in [-0.4, -0.2) is 60.0 Å². The Morgan fingerprint density at radius 3 is 2.65 bits per heavy atom. The Hall–Kier alpha value is -4.19. The number of carboxylic acids is 1. The van der Waals surface area contributed by atoms with Crippen LogP contribution in [0.4, 0.5) is 5.82 Å². The summed E-state index contributed by atoms with van der Waals surface area (Å²) in [5.74, 6) is -0.943. The Morgan fingerprint density at radius 2 is 2.00 bits per heavy atom. The molecule has 1 amide bonds. The van der Waals surface area contributed by atoms with Crippen molar-refractivity contribution in [2.75, 3.05) is 18.0 Å². The van der Waals surface area contributed by atoms with Crippen molar-refractivity contribution < 1.29 is 14.7 Å². The minimum atomic E-state index is -1.32. The van der Waals surface area contributed by atoms with Crippen molar-refractivity contribution >= 4 is 40.3 Å². The van der Waals surface area contributed by atoms with Crippen LogP contribution in [0.25, 0.3) is 16.2 Å². The number of carbonyl (C=O) groups excluding carboxylic acids is 1. The van der Waals surface area contributed by atoms with Gasteiger partial charge in [0.2, 0.25) is 10.6 Å². The summed E-state index contributed by atoms with van der Waals surface area (Å²) in [5, 5.41) is 13.1. The number of hydrogen-bond acceptors (Lipinski definition) is 9. The Balaban J connectivity index is 1.44. The summed E-state index contributed by atoms with van der Waals surface area (Å²) in [6.07, 6.45) is 4.24. The van der Waals surface area contributed by atoms with E-state index in [9.17, 15) is 19.5 Å². The molecule has 0 aliphatic carbocycles. The molecule has 0 bridgehead atoms. The lowest BCUT2D eigenvalue weighted by atomic mass is 10.1. The number of aromatic nitrogens is 5. The van der Waals surface area contributed by atoms with Crippen molar-refractivity contribution in [3.05, 3.63) is 69.5 Å². The van der Waals surface area contributed by atoms with Crippen LogP contribution in [0.3, 0.4) is 0 Å². The van der Waals surface area contributed by atoms with Gasteiger partial charge < -0.3 is 15.3 Å². The molecule has 0 radical (unpaired) electrons. The van der Waals surface area contributed by atoms with Gasteiger partial charge in [-0.05, 0) is 37.1 Å². The normalized spacial score (nSPS) is 13.6. The number of carbonyl (C=O) groups is 2. The summed E-state index contributed by atoms with van der Waals surface area (Å²) in [5.41, 5.74) is 1.28. The van der Waals surface area contributed by atoms with Crippen molar-refractivity contribution in [2.45, 2.75) is 19.9 Å². The Kier molecular flexibility index (Phi) is 5.28. The molecule has 4 aromatic heterocycles. The summed E-state index contributed by atoms with van der Waals surface area (Å²) in [7, 11) is 0. The van der Waals surface area contributed by atoms with Gasteiger partial charge in [0.1, 0.15) is 23.4 Å². The number of aromatic carboxylic acids is 1. The average molecular weight is 478 g/mol. The standard InChI is InChI=1S/C22H19N7O4S/c1-11-3-4-15(23-6-11)20(31)26-13-7-28(8-13)16-5-12(2)17-18(30)14(21(32)33)9-29(19(17)27-16)22-24-10-25-34-22/h3-6,9-10,13H,7-8H2,1-2H3,(H,26,31)(H,32,33). The Morgan fingerprint density at radius 1 is 1.21 bits per heavy atom. The van der Waals surface area contributed by atoms with Gasteiger partial charge in [0, 0.05) is 37.0 Å². The second-order valence-corrected chi connectivity index (χ2v) is 8.82. The van der Waals surface area contributed by atoms with Gasteiger partial charge in [-0.2, -0.15) is 4.37 Å². The fourth-order valence-electron chi connectivity index (χ4n) is 3.83. The maximum atomic E-state index is 12.9. The van der Waals surface area contributed by atoms with Crippen LogP contribution in [0.15, 0.2) is 41.7 Å². The molecule has 0 unspecified atom stereocenters. The van der Waals surface area contributed by atoms with Crippen LogP contribution in [0.1, 0.15) is 32.0 Å². The van der Waals surface area contributed by atoms with E-state index >= 15 is 0 Å². The molecule has 11 nitrogen and oxygen atoms in total. The second-order valence-electron chi connectivity index (χ2n) is 8.06. The lowest BCUT2D eigenvalue weighted by molar-refractivity contribution is 0.0694. The molecular formula is C22H19N7O4S. The second kappa shape index (κ2) is 8.30. The number of fused-ring (bicyclic) bond motifs is 1. The molecule has 5 rings (SSSR count). The fraction of sp³-hybridized carbons (Fsp3) is 0.227. The fourth-order valence-corrected chi connectivity index (χ4v) is 4.34. The number of amides is 1. The SMILES string of the molecule is Cc1ccc(C(=O)NC2CN(c3cc(C)c4c(=O)c(C(=O)O)cn(-c5ncns5)c4n3)C2)nc1. The minimum absolute atomic E-state index is 0.0758. The van der Waals surface area contributed by atoms with E-state index in [-0.39, 0.29) is 22.9 Å². The molecule has 172 valence electrons. The van der Waals surface area contributed by atoms with E-state index in [1.807, 2.05) is 17.9 Å². The lowest BCUT2D eigenvalue weighted by Crippen LogP contribution is -2.59. The zero-order valence-electron chi connectivity index (χ0n) is 18.2. The predicted octanol–water partition coefficient (Wildman–Crippen LogP) is 1.57. The minimum Gasteiger partial charge on any atom is -0.477 e. The highest BCUT2D eigenvalue weighted by atomic mass is 32.1. The largest absolute Gasteiger partial charge is 0.477 e. The molecule has 34 heavy (non-hydrogen) atoms. The maximum absolute atomic E-state index is 12.9. The quantitative estimate of drug-likeness (QED) is 0.438. The predicted molar refractivity (Wildman–Crippen MR) is 125 cm³/mol. The van der Waals surface area contributed by atoms with Crippen molar-refractivity contribution in [3.63, 3.8) is 0 Å². The third-order valence-electron chi connectivity index (χ3n) is 5.61. The third kappa shape index (κ3) is 3.77. The first kappa shape index (κ1) is 21.6. The molecule has 1 aliphatic rings. The van der Waals surface area contributed by atoms with Crippen LogP contribution in [0.5, 0.6) is 0 Å². The van der Waals surface area contributed by atoms with Crippen LogP contribution < -0.4 is 15.6 Å². The van der Waals surface area contributed by atoms with E-state index in [1.54, 1.807) is 25.3 Å². The number of pyridine rings is 3. The van der Waals surface area contributed by atoms with E-state index in [2.05, 4.69) is 24.6 Å². The van der Waals surface area contributed by atoms with E-state index in [0.29, 0.717) is 40.9 Å². The van der Waals surface area contributed by atoms with Gasteiger partial charge in [-0.15, -0.1) is 0 Å². The summed E-state index contributed by atoms with van der Waals surface area (Å²) < 4.78 is 5.46. The van der Waals surface area contributed by atoms with Crippen LogP contribution in [0.2, 0.25) is 0 Å². The van der Waals surface area contributed by atoms with Crippen LogP contribution >= 0.6 is 11.5 Å². The van der Waals surface area contributed by atoms with E-state index in [4.69, 9.17) is 0 Å². The number of carboxylic acid groups (broad SMARTS) is 1. The number of aryl methyl sites for hydroxylation is 2. The molecule has 0 spiro atoms. The van der Waals surface area contributed by atoms with Gasteiger partial charge in [0.15, 0.2) is 5.65 Å². The lowest BCUT2D eigenvalue weighted by Gasteiger charge is -2.40. The maximum Gasteiger partial charge on any atom is 0.341 e. The molecule has 1 saturated heterocycles. The van der Waals surface area contributed by atoms with Gasteiger partial charge in [0.05, 0.1) is 11.4 Å². The number of rotatable bonds is 5. The number of nitrogens with zero attached hydrogens (tertiary/aromatic N) is 6. The molecule has 1 aliphatic heterocycles. The first-order chi connectivity index (χ1) is 16.3. The van der Waals surface area contributed by atoms with Crippen molar-refractivity contribution in [2.24, 2.45) is 0 Å². The first-order valence-electron chi connectivity index (χ1n) is 10.4. The van der Waals surface area contributed by atoms with Gasteiger partial charge >= 0.3 is 5.97 Å². The van der Waals surface area contributed by atoms with Gasteiger partial charge in [-0.3, -0.25) is 19.1 Å². The smallest absolute Gasteiger partial charge is 0.341 e. The van der Waals surface area contributed by atoms with Crippen LogP contribution in [0, 0.1) is 13.8 Å². The highest BCUT2D eigenvalue weighted by Crippen LogP contribution is 2.26. The first-order valence-corrected chi connectivity index (χ1v) is 11.1. The molecule has 5 heterocycles. The highest BCUT2D eigenvalue weighted by Gasteiger charge is 2.31. The Labute approximate surface area is 196 Å². The molecule has 0 aromatic carbocycles. The summed E-state index contributed by atoms with van der Waals surface area (Å²) in [6.45, 7) is 4.72. The number of hydrogen-bond donors (Lipinski definition) is 2. The zero-order chi connectivity index (χ0) is 24.0. The molecular weight excluding hydrogens is 458 g/mol. The molecule has 0 atom stereocenters. The van der Waals surface area contributed by atoms with Crippen molar-refractivity contribution in [1.82, 2.24) is 29.2 Å². The summed E-state index contributed by atoms with van der Waals surface area (Å²) >= 11 is 1.06. The molecule has 4 aromatic rings. The average Bonchev–Trinajstić information content (AvgIpc) is 3.30. The van der Waals surface area contributed by atoms with Gasteiger partial charge in [-0.25, -0.2) is 14.8 Å². The van der Waals surface area contributed by atoms with Crippen molar-refractivity contribution in [3.8, 4) is 5.13 Å². The highest BCUT2D eigenvalue weighted by molar-refractivity contribution is 7.08.